The lowest BCUT2D eigenvalue weighted by molar-refractivity contribution is 0.310. The van der Waals surface area contributed by atoms with Crippen molar-refractivity contribution in [1.82, 2.24) is 9.88 Å². The summed E-state index contributed by atoms with van der Waals surface area (Å²) in [4.78, 5) is 5.70. The molecule has 0 amide bonds. The van der Waals surface area contributed by atoms with Gasteiger partial charge in [-0.2, -0.15) is 0 Å². The molecule has 0 aliphatic heterocycles. The molecular formula is C14H21N3. The van der Waals surface area contributed by atoms with Gasteiger partial charge in [0.1, 0.15) is 0 Å². The number of para-hydroxylation sites is 1. The minimum Gasteiger partial charge on any atom is -0.358 e. The summed E-state index contributed by atoms with van der Waals surface area (Å²) >= 11 is 0. The fourth-order valence-electron chi connectivity index (χ4n) is 2.36. The molecule has 0 saturated heterocycles. The minimum atomic E-state index is 0.213. The lowest BCUT2D eigenvalue weighted by Crippen LogP contribution is -2.32. The van der Waals surface area contributed by atoms with Crippen LogP contribution in [0.1, 0.15) is 18.2 Å². The van der Waals surface area contributed by atoms with Crippen molar-refractivity contribution in [2.24, 2.45) is 5.73 Å². The molecule has 92 valence electrons. The molecule has 0 bridgehead atoms. The van der Waals surface area contributed by atoms with E-state index in [0.717, 1.165) is 13.1 Å². The quantitative estimate of drug-likeness (QED) is 0.847. The largest absolute Gasteiger partial charge is 0.358 e. The maximum Gasteiger partial charge on any atom is 0.0459 e. The van der Waals surface area contributed by atoms with Gasteiger partial charge in [-0.05, 0) is 32.5 Å². The number of fused-ring (bicyclic) bond motifs is 1. The maximum absolute atomic E-state index is 5.82. The van der Waals surface area contributed by atoms with Crippen molar-refractivity contribution in [3.05, 3.63) is 35.5 Å². The molecule has 0 fully saturated rings. The average Bonchev–Trinajstić information content (AvgIpc) is 2.55. The third-order valence-electron chi connectivity index (χ3n) is 3.05. The van der Waals surface area contributed by atoms with E-state index in [9.17, 15) is 0 Å². The summed E-state index contributed by atoms with van der Waals surface area (Å²) in [6, 6.07) is 8.66. The normalized spacial score (nSPS) is 13.5. The molecule has 1 heterocycles. The Hall–Kier alpha value is -1.32. The van der Waals surface area contributed by atoms with E-state index >= 15 is 0 Å². The van der Waals surface area contributed by atoms with E-state index in [4.69, 9.17) is 5.73 Å². The van der Waals surface area contributed by atoms with Crippen molar-refractivity contribution >= 4 is 10.9 Å². The molecular weight excluding hydrogens is 210 g/mol. The third kappa shape index (κ3) is 2.68. The van der Waals surface area contributed by atoms with Gasteiger partial charge in [0.05, 0.1) is 0 Å². The topological polar surface area (TPSA) is 45.0 Å². The van der Waals surface area contributed by atoms with Gasteiger partial charge in [-0.25, -0.2) is 0 Å². The number of hydrogen-bond acceptors (Lipinski definition) is 2. The van der Waals surface area contributed by atoms with E-state index in [1.807, 2.05) is 6.92 Å². The van der Waals surface area contributed by atoms with Crippen LogP contribution in [-0.2, 0) is 6.54 Å². The first kappa shape index (κ1) is 12.1. The van der Waals surface area contributed by atoms with Crippen molar-refractivity contribution in [1.29, 1.82) is 0 Å². The van der Waals surface area contributed by atoms with Crippen molar-refractivity contribution in [3.8, 4) is 0 Å². The van der Waals surface area contributed by atoms with E-state index in [1.165, 1.54) is 22.2 Å². The molecule has 0 saturated carbocycles. The third-order valence-corrected chi connectivity index (χ3v) is 3.05. The maximum atomic E-state index is 5.82. The van der Waals surface area contributed by atoms with Crippen LogP contribution in [0.3, 0.4) is 0 Å². The molecule has 3 N–H and O–H groups in total. The molecule has 0 aliphatic carbocycles. The summed E-state index contributed by atoms with van der Waals surface area (Å²) in [5.74, 6) is 0. The second-order valence-corrected chi connectivity index (χ2v) is 4.95. The molecule has 2 rings (SSSR count). The number of nitrogens with one attached hydrogen (secondary N) is 1. The Balaban J connectivity index is 2.26. The summed E-state index contributed by atoms with van der Waals surface area (Å²) in [5.41, 5.74) is 9.67. The molecule has 1 unspecified atom stereocenters. The predicted molar refractivity (Wildman–Crippen MR) is 73.0 cm³/mol. The zero-order valence-corrected chi connectivity index (χ0v) is 10.8. The fraction of sp³-hybridized carbons (Fsp3) is 0.429. The summed E-state index contributed by atoms with van der Waals surface area (Å²) in [6.45, 7) is 6.03. The van der Waals surface area contributed by atoms with Gasteiger partial charge in [-0.1, -0.05) is 18.2 Å². The second kappa shape index (κ2) is 4.90. The van der Waals surface area contributed by atoms with Gasteiger partial charge in [0, 0.05) is 35.7 Å². The van der Waals surface area contributed by atoms with Crippen LogP contribution in [0.25, 0.3) is 10.9 Å². The van der Waals surface area contributed by atoms with Crippen LogP contribution >= 0.6 is 0 Å². The Bertz CT molecular complexity index is 499. The van der Waals surface area contributed by atoms with Crippen LogP contribution in [0.15, 0.2) is 24.3 Å². The summed E-state index contributed by atoms with van der Waals surface area (Å²) in [5, 5.41) is 1.32. The summed E-state index contributed by atoms with van der Waals surface area (Å²) in [6.07, 6.45) is 0. The molecule has 3 heteroatoms. The summed E-state index contributed by atoms with van der Waals surface area (Å²) in [7, 11) is 2.12. The average molecular weight is 231 g/mol. The van der Waals surface area contributed by atoms with E-state index in [1.54, 1.807) is 0 Å². The number of aromatic amines is 1. The Morgan fingerprint density at radius 3 is 2.76 bits per heavy atom. The number of H-pyrrole nitrogens is 1. The van der Waals surface area contributed by atoms with Crippen molar-refractivity contribution < 1.29 is 0 Å². The van der Waals surface area contributed by atoms with E-state index < -0.39 is 0 Å². The highest BCUT2D eigenvalue weighted by molar-refractivity contribution is 5.84. The lowest BCUT2D eigenvalue weighted by Gasteiger charge is -2.19. The monoisotopic (exact) mass is 231 g/mol. The molecule has 1 atom stereocenters. The Kier molecular flexibility index (Phi) is 3.50. The van der Waals surface area contributed by atoms with Crippen LogP contribution in [0.5, 0.6) is 0 Å². The highest BCUT2D eigenvalue weighted by Gasteiger charge is 2.10. The highest BCUT2D eigenvalue weighted by Crippen LogP contribution is 2.22. The first-order chi connectivity index (χ1) is 8.08. The molecule has 0 aliphatic rings. The van der Waals surface area contributed by atoms with Gasteiger partial charge >= 0.3 is 0 Å². The first-order valence-corrected chi connectivity index (χ1v) is 6.08. The van der Waals surface area contributed by atoms with Gasteiger partial charge in [0.15, 0.2) is 0 Å². The van der Waals surface area contributed by atoms with Crippen molar-refractivity contribution in [2.75, 3.05) is 13.6 Å². The van der Waals surface area contributed by atoms with E-state index in [0.29, 0.717) is 0 Å². The predicted octanol–water partition coefficient (Wildman–Crippen LogP) is 2.26. The number of nitrogens with zero attached hydrogens (tertiary/aromatic N) is 1. The van der Waals surface area contributed by atoms with Gasteiger partial charge < -0.3 is 15.6 Å². The SMILES string of the molecule is Cc1[nH]c2ccccc2c1CN(C)CC(C)N. The minimum absolute atomic E-state index is 0.213. The molecule has 0 spiro atoms. The van der Waals surface area contributed by atoms with Gasteiger partial charge in [-0.3, -0.25) is 0 Å². The van der Waals surface area contributed by atoms with Gasteiger partial charge in [-0.15, -0.1) is 0 Å². The Morgan fingerprint density at radius 2 is 2.06 bits per heavy atom. The zero-order valence-electron chi connectivity index (χ0n) is 10.8. The van der Waals surface area contributed by atoms with Crippen LogP contribution in [0.2, 0.25) is 0 Å². The number of aromatic nitrogens is 1. The number of benzene rings is 1. The number of nitrogens with two attached hydrogens (primary N) is 1. The second-order valence-electron chi connectivity index (χ2n) is 4.95. The molecule has 17 heavy (non-hydrogen) atoms. The highest BCUT2D eigenvalue weighted by atomic mass is 15.1. The Morgan fingerprint density at radius 1 is 1.35 bits per heavy atom. The molecule has 1 aromatic heterocycles. The molecule has 3 nitrogen and oxygen atoms in total. The molecule has 2 aromatic rings. The van der Waals surface area contributed by atoms with Crippen molar-refractivity contribution in [3.63, 3.8) is 0 Å². The van der Waals surface area contributed by atoms with Crippen molar-refractivity contribution in [2.45, 2.75) is 26.4 Å². The number of rotatable bonds is 4. The van der Waals surface area contributed by atoms with E-state index in [-0.39, 0.29) is 6.04 Å². The zero-order chi connectivity index (χ0) is 12.4. The number of hydrogen-bond donors (Lipinski definition) is 2. The first-order valence-electron chi connectivity index (χ1n) is 6.08. The van der Waals surface area contributed by atoms with Crippen LogP contribution in [0.4, 0.5) is 0 Å². The molecule has 1 aromatic carbocycles. The summed E-state index contributed by atoms with van der Waals surface area (Å²) < 4.78 is 0. The smallest absolute Gasteiger partial charge is 0.0459 e. The standard InChI is InChI=1S/C14H21N3/c1-10(15)8-17(3)9-13-11(2)16-14-7-5-4-6-12(13)14/h4-7,10,16H,8-9,15H2,1-3H3. The van der Waals surface area contributed by atoms with Gasteiger partial charge in [0.25, 0.3) is 0 Å². The van der Waals surface area contributed by atoms with E-state index in [2.05, 4.69) is 48.1 Å². The lowest BCUT2D eigenvalue weighted by atomic mass is 10.1. The van der Waals surface area contributed by atoms with Crippen LogP contribution < -0.4 is 5.73 Å². The van der Waals surface area contributed by atoms with Crippen LogP contribution in [0, 0.1) is 6.92 Å². The molecule has 0 radical (unpaired) electrons. The number of likely N-dealkylation sites (N-methyl/N-ethyl adjacent to an activating group) is 1. The fourth-order valence-corrected chi connectivity index (χ4v) is 2.36. The van der Waals surface area contributed by atoms with Gasteiger partial charge in [0.2, 0.25) is 0 Å². The number of aryl methyl sites for hydroxylation is 1. The van der Waals surface area contributed by atoms with Crippen LogP contribution in [-0.4, -0.2) is 29.5 Å². The Labute approximate surface area is 103 Å².